The standard InChI is InChI=1S/C15H16O4/c1-18-13(16)15-8-7-11(19-14(15)17)9-12(15)10-5-3-2-4-6-10/h2-6,11-12H,7-9H2,1H3/t11-,12+,15+/m0/s1. The molecule has 3 aliphatic rings. The summed E-state index contributed by atoms with van der Waals surface area (Å²) in [4.78, 5) is 24.5. The molecule has 4 rings (SSSR count). The molecule has 2 bridgehead atoms. The summed E-state index contributed by atoms with van der Waals surface area (Å²) in [5.74, 6) is -1.03. The Balaban J connectivity index is 2.08. The maximum atomic E-state index is 12.2. The van der Waals surface area contributed by atoms with E-state index in [9.17, 15) is 9.59 Å². The van der Waals surface area contributed by atoms with Gasteiger partial charge >= 0.3 is 11.9 Å². The topological polar surface area (TPSA) is 52.6 Å². The van der Waals surface area contributed by atoms with Crippen LogP contribution in [0.5, 0.6) is 0 Å². The largest absolute Gasteiger partial charge is 0.468 e. The van der Waals surface area contributed by atoms with E-state index in [1.165, 1.54) is 7.11 Å². The van der Waals surface area contributed by atoms with Crippen LogP contribution in [0.25, 0.3) is 0 Å². The lowest BCUT2D eigenvalue weighted by molar-refractivity contribution is -0.196. The highest BCUT2D eigenvalue weighted by Crippen LogP contribution is 2.53. The number of rotatable bonds is 2. The van der Waals surface area contributed by atoms with Crippen molar-refractivity contribution in [2.45, 2.75) is 31.3 Å². The molecule has 0 amide bonds. The van der Waals surface area contributed by atoms with Crippen LogP contribution in [0.4, 0.5) is 0 Å². The monoisotopic (exact) mass is 260 g/mol. The van der Waals surface area contributed by atoms with E-state index in [-0.39, 0.29) is 12.0 Å². The average molecular weight is 260 g/mol. The van der Waals surface area contributed by atoms with E-state index in [4.69, 9.17) is 9.47 Å². The molecular weight excluding hydrogens is 244 g/mol. The number of fused-ring (bicyclic) bond motifs is 3. The van der Waals surface area contributed by atoms with Crippen molar-refractivity contribution in [3.05, 3.63) is 35.9 Å². The van der Waals surface area contributed by atoms with Crippen LogP contribution in [0.3, 0.4) is 0 Å². The first-order valence-electron chi connectivity index (χ1n) is 6.53. The summed E-state index contributed by atoms with van der Waals surface area (Å²) in [7, 11) is 1.33. The van der Waals surface area contributed by atoms with Gasteiger partial charge in [0.1, 0.15) is 6.10 Å². The third-order valence-corrected chi connectivity index (χ3v) is 4.34. The van der Waals surface area contributed by atoms with Crippen molar-refractivity contribution in [1.82, 2.24) is 0 Å². The molecule has 4 nitrogen and oxygen atoms in total. The van der Waals surface area contributed by atoms with Crippen molar-refractivity contribution in [1.29, 1.82) is 0 Å². The van der Waals surface area contributed by atoms with Gasteiger partial charge in [-0.15, -0.1) is 0 Å². The molecule has 2 saturated heterocycles. The quantitative estimate of drug-likeness (QED) is 0.603. The van der Waals surface area contributed by atoms with E-state index in [1.807, 2.05) is 30.3 Å². The van der Waals surface area contributed by atoms with Gasteiger partial charge in [-0.1, -0.05) is 30.3 Å². The summed E-state index contributed by atoms with van der Waals surface area (Å²) in [6, 6.07) is 9.70. The van der Waals surface area contributed by atoms with Crippen molar-refractivity contribution in [2.24, 2.45) is 5.41 Å². The van der Waals surface area contributed by atoms with Crippen LogP contribution in [0.1, 0.15) is 30.7 Å². The molecule has 0 spiro atoms. The summed E-state index contributed by atoms with van der Waals surface area (Å²) >= 11 is 0. The summed E-state index contributed by atoms with van der Waals surface area (Å²) in [6.07, 6.45) is 1.89. The Kier molecular flexibility index (Phi) is 2.81. The second-order valence-corrected chi connectivity index (χ2v) is 5.23. The zero-order chi connectivity index (χ0) is 13.5. The molecular formula is C15H16O4. The summed E-state index contributed by atoms with van der Waals surface area (Å²) < 4.78 is 10.2. The number of hydrogen-bond acceptors (Lipinski definition) is 4. The molecule has 3 atom stereocenters. The minimum atomic E-state index is -1.15. The van der Waals surface area contributed by atoms with E-state index >= 15 is 0 Å². The smallest absolute Gasteiger partial charge is 0.324 e. The zero-order valence-electron chi connectivity index (χ0n) is 10.8. The highest BCUT2D eigenvalue weighted by Gasteiger charge is 2.61. The first-order valence-corrected chi connectivity index (χ1v) is 6.53. The fourth-order valence-electron chi connectivity index (χ4n) is 3.37. The molecule has 1 aliphatic carbocycles. The van der Waals surface area contributed by atoms with Crippen molar-refractivity contribution in [3.63, 3.8) is 0 Å². The number of hydrogen-bond donors (Lipinski definition) is 0. The van der Waals surface area contributed by atoms with Gasteiger partial charge in [-0.3, -0.25) is 9.59 Å². The maximum absolute atomic E-state index is 12.2. The van der Waals surface area contributed by atoms with E-state index in [2.05, 4.69) is 0 Å². The van der Waals surface area contributed by atoms with Gasteiger partial charge in [0, 0.05) is 5.92 Å². The number of ether oxygens (including phenoxy) is 2. The van der Waals surface area contributed by atoms with E-state index in [1.54, 1.807) is 0 Å². The Morgan fingerprint density at radius 3 is 2.74 bits per heavy atom. The first kappa shape index (κ1) is 12.2. The molecule has 0 radical (unpaired) electrons. The van der Waals surface area contributed by atoms with E-state index in [0.717, 1.165) is 12.0 Å². The SMILES string of the molecule is COC(=O)[C@@]12CC[C@@H](C[C@@H]1c1ccccc1)OC2=O. The summed E-state index contributed by atoms with van der Waals surface area (Å²) in [6.45, 7) is 0. The van der Waals surface area contributed by atoms with Crippen LogP contribution in [-0.2, 0) is 19.1 Å². The van der Waals surface area contributed by atoms with Gasteiger partial charge in [0.15, 0.2) is 5.41 Å². The molecule has 2 aliphatic heterocycles. The van der Waals surface area contributed by atoms with E-state index in [0.29, 0.717) is 12.8 Å². The van der Waals surface area contributed by atoms with Crippen molar-refractivity contribution >= 4 is 11.9 Å². The predicted octanol–water partition coefficient (Wildman–Crippen LogP) is 2.04. The Labute approximate surface area is 111 Å². The fraction of sp³-hybridized carbons (Fsp3) is 0.467. The molecule has 1 aromatic rings. The van der Waals surface area contributed by atoms with Crippen LogP contribution in [0, 0.1) is 5.41 Å². The third-order valence-electron chi connectivity index (χ3n) is 4.34. The molecule has 4 heteroatoms. The molecule has 3 fully saturated rings. The summed E-state index contributed by atoms with van der Waals surface area (Å²) in [5.41, 5.74) is -0.139. The van der Waals surface area contributed by atoms with Crippen LogP contribution in [-0.4, -0.2) is 25.2 Å². The zero-order valence-corrected chi connectivity index (χ0v) is 10.8. The number of esters is 2. The molecule has 1 saturated carbocycles. The molecule has 2 heterocycles. The normalized spacial score (nSPS) is 32.8. The highest BCUT2D eigenvalue weighted by atomic mass is 16.6. The van der Waals surface area contributed by atoms with Gasteiger partial charge in [0.25, 0.3) is 0 Å². The second-order valence-electron chi connectivity index (χ2n) is 5.23. The van der Waals surface area contributed by atoms with Crippen molar-refractivity contribution in [2.75, 3.05) is 7.11 Å². The van der Waals surface area contributed by atoms with Gasteiger partial charge in [-0.2, -0.15) is 0 Å². The average Bonchev–Trinajstić information content (AvgIpc) is 2.47. The summed E-state index contributed by atoms with van der Waals surface area (Å²) in [5, 5.41) is 0. The van der Waals surface area contributed by atoms with Gasteiger partial charge in [0.05, 0.1) is 7.11 Å². The third kappa shape index (κ3) is 1.66. The lowest BCUT2D eigenvalue weighted by atomic mass is 9.61. The minimum absolute atomic E-state index is 0.0655. The Hall–Kier alpha value is -1.84. The van der Waals surface area contributed by atoms with Gasteiger partial charge in [-0.05, 0) is 24.8 Å². The fourth-order valence-corrected chi connectivity index (χ4v) is 3.37. The van der Waals surface area contributed by atoms with Crippen molar-refractivity contribution in [3.8, 4) is 0 Å². The Morgan fingerprint density at radius 1 is 1.37 bits per heavy atom. The molecule has 1 aromatic carbocycles. The Morgan fingerprint density at radius 2 is 2.11 bits per heavy atom. The van der Waals surface area contributed by atoms with E-state index < -0.39 is 17.4 Å². The predicted molar refractivity (Wildman–Crippen MR) is 67.4 cm³/mol. The molecule has 0 unspecified atom stereocenters. The number of carbonyl (C=O) groups is 2. The number of methoxy groups -OCH3 is 1. The molecule has 100 valence electrons. The van der Waals surface area contributed by atoms with Crippen LogP contribution >= 0.6 is 0 Å². The van der Waals surface area contributed by atoms with Gasteiger partial charge in [0.2, 0.25) is 0 Å². The second kappa shape index (κ2) is 4.37. The maximum Gasteiger partial charge on any atom is 0.324 e. The van der Waals surface area contributed by atoms with Crippen molar-refractivity contribution < 1.29 is 19.1 Å². The highest BCUT2D eigenvalue weighted by molar-refractivity contribution is 6.02. The van der Waals surface area contributed by atoms with Gasteiger partial charge < -0.3 is 9.47 Å². The van der Waals surface area contributed by atoms with Gasteiger partial charge in [-0.25, -0.2) is 0 Å². The Bertz CT molecular complexity index is 500. The lowest BCUT2D eigenvalue weighted by Gasteiger charge is -2.47. The molecule has 0 N–H and O–H groups in total. The van der Waals surface area contributed by atoms with Crippen LogP contribution in [0.2, 0.25) is 0 Å². The number of benzene rings is 1. The molecule has 0 aromatic heterocycles. The molecule has 19 heavy (non-hydrogen) atoms. The number of carbonyl (C=O) groups excluding carboxylic acids is 2. The lowest BCUT2D eigenvalue weighted by Crippen LogP contribution is -2.56. The first-order chi connectivity index (χ1) is 9.18. The van der Waals surface area contributed by atoms with Crippen LogP contribution < -0.4 is 0 Å². The van der Waals surface area contributed by atoms with Crippen LogP contribution in [0.15, 0.2) is 30.3 Å². The minimum Gasteiger partial charge on any atom is -0.468 e.